The third-order valence-electron chi connectivity index (χ3n) is 5.70. The van der Waals surface area contributed by atoms with Gasteiger partial charge in [0.15, 0.2) is 5.96 Å². The van der Waals surface area contributed by atoms with Crippen LogP contribution in [0.3, 0.4) is 0 Å². The van der Waals surface area contributed by atoms with E-state index in [1.54, 1.807) is 7.11 Å². The number of nitrogens with one attached hydrogen (secondary N) is 3. The molecule has 7 nitrogen and oxygen atoms in total. The first-order valence-electron chi connectivity index (χ1n) is 10.7. The molecule has 168 valence electrons. The van der Waals surface area contributed by atoms with E-state index >= 15 is 0 Å². The van der Waals surface area contributed by atoms with Crippen molar-refractivity contribution in [2.45, 2.75) is 38.0 Å². The number of rotatable bonds is 9. The summed E-state index contributed by atoms with van der Waals surface area (Å²) in [4.78, 5) is 16.6. The molecule has 2 aliphatic rings. The maximum Gasteiger partial charge on any atom is 0.223 e. The molecule has 0 spiro atoms. The number of nitrogens with zero attached hydrogens (tertiary/aromatic N) is 1. The Morgan fingerprint density at radius 2 is 1.80 bits per heavy atom. The summed E-state index contributed by atoms with van der Waals surface area (Å²) in [6.45, 7) is 6.29. The number of guanidine groups is 1. The molecule has 0 unspecified atom stereocenters. The highest BCUT2D eigenvalue weighted by atomic mass is 127. The van der Waals surface area contributed by atoms with Crippen LogP contribution in [0.1, 0.15) is 38.2 Å². The van der Waals surface area contributed by atoms with Crippen molar-refractivity contribution >= 4 is 35.8 Å². The number of halogens is 1. The summed E-state index contributed by atoms with van der Waals surface area (Å²) < 4.78 is 10.9. The fourth-order valence-electron chi connectivity index (χ4n) is 3.67. The molecule has 8 heteroatoms. The minimum atomic E-state index is -0.0347. The zero-order chi connectivity index (χ0) is 20.5. The topological polar surface area (TPSA) is 84.0 Å². The second-order valence-electron chi connectivity index (χ2n) is 7.81. The Morgan fingerprint density at radius 1 is 1.13 bits per heavy atom. The molecule has 1 aliphatic carbocycles. The van der Waals surface area contributed by atoms with Crippen molar-refractivity contribution in [3.63, 3.8) is 0 Å². The normalized spacial score (nSPS) is 18.1. The molecule has 3 N–H and O–H groups in total. The lowest BCUT2D eigenvalue weighted by atomic mass is 9.74. The number of carbonyl (C=O) groups excluding carboxylic acids is 1. The Kier molecular flexibility index (Phi) is 10.2. The SMILES string of the molecule is CCNC(=NCC1(c2ccc(OC)cc2)CCOCC1)NCCNC(=O)C1CC1.I. The quantitative estimate of drug-likeness (QED) is 0.198. The molecule has 1 saturated carbocycles. The molecule has 0 aromatic heterocycles. The molecule has 2 fully saturated rings. The fourth-order valence-corrected chi connectivity index (χ4v) is 3.67. The largest absolute Gasteiger partial charge is 0.497 e. The van der Waals surface area contributed by atoms with Crippen LogP contribution >= 0.6 is 24.0 Å². The van der Waals surface area contributed by atoms with Gasteiger partial charge in [-0.2, -0.15) is 0 Å². The molecule has 0 atom stereocenters. The number of aliphatic imine (C=N–C) groups is 1. The molecule has 30 heavy (non-hydrogen) atoms. The van der Waals surface area contributed by atoms with E-state index in [9.17, 15) is 4.79 Å². The highest BCUT2D eigenvalue weighted by molar-refractivity contribution is 14.0. The molecule has 1 amide bonds. The maximum atomic E-state index is 11.7. The minimum Gasteiger partial charge on any atom is -0.497 e. The van der Waals surface area contributed by atoms with Crippen molar-refractivity contribution in [2.24, 2.45) is 10.9 Å². The zero-order valence-corrected chi connectivity index (χ0v) is 20.4. The van der Waals surface area contributed by atoms with Gasteiger partial charge < -0.3 is 25.4 Å². The van der Waals surface area contributed by atoms with Gasteiger partial charge in [0.2, 0.25) is 5.91 Å². The maximum absolute atomic E-state index is 11.7. The van der Waals surface area contributed by atoms with E-state index in [2.05, 4.69) is 35.0 Å². The van der Waals surface area contributed by atoms with E-state index in [-0.39, 0.29) is 41.2 Å². The van der Waals surface area contributed by atoms with Crippen LogP contribution in [-0.4, -0.2) is 58.4 Å². The standard InChI is InChI=1S/C22H34N4O3.HI/c1-3-23-21(25-13-12-24-20(27)17-4-5-17)26-16-22(10-14-29-15-11-22)18-6-8-19(28-2)9-7-18;/h6-9,17H,3-5,10-16H2,1-2H3,(H,24,27)(H2,23,25,26);1H. The number of amides is 1. The summed E-state index contributed by atoms with van der Waals surface area (Å²) in [6.07, 6.45) is 3.94. The minimum absolute atomic E-state index is 0. The van der Waals surface area contributed by atoms with E-state index in [1.165, 1.54) is 5.56 Å². The Balaban J connectivity index is 0.00000320. The Hall–Kier alpha value is -1.55. The van der Waals surface area contributed by atoms with Gasteiger partial charge in [0.25, 0.3) is 0 Å². The number of benzene rings is 1. The lowest BCUT2D eigenvalue weighted by Crippen LogP contribution is -2.43. The van der Waals surface area contributed by atoms with E-state index in [0.717, 1.165) is 57.2 Å². The molecule has 0 bridgehead atoms. The predicted octanol–water partition coefficient (Wildman–Crippen LogP) is 2.44. The number of hydrogen-bond donors (Lipinski definition) is 3. The molecule has 0 radical (unpaired) electrons. The summed E-state index contributed by atoms with van der Waals surface area (Å²) in [5.74, 6) is 2.07. The van der Waals surface area contributed by atoms with Gasteiger partial charge in [-0.05, 0) is 50.3 Å². The monoisotopic (exact) mass is 530 g/mol. The van der Waals surface area contributed by atoms with Crippen LogP contribution in [-0.2, 0) is 14.9 Å². The van der Waals surface area contributed by atoms with Crippen molar-refractivity contribution < 1.29 is 14.3 Å². The molecule has 1 aromatic carbocycles. The van der Waals surface area contributed by atoms with Crippen LogP contribution in [0.5, 0.6) is 5.75 Å². The second kappa shape index (κ2) is 12.3. The van der Waals surface area contributed by atoms with Gasteiger partial charge in [-0.25, -0.2) is 0 Å². The summed E-state index contributed by atoms with van der Waals surface area (Å²) in [7, 11) is 1.69. The van der Waals surface area contributed by atoms with E-state index in [1.807, 2.05) is 12.1 Å². The van der Waals surface area contributed by atoms with Gasteiger partial charge in [-0.3, -0.25) is 9.79 Å². The highest BCUT2D eigenvalue weighted by Crippen LogP contribution is 2.36. The third-order valence-corrected chi connectivity index (χ3v) is 5.70. The molecular weight excluding hydrogens is 495 g/mol. The van der Waals surface area contributed by atoms with Crippen LogP contribution < -0.4 is 20.7 Å². The lowest BCUT2D eigenvalue weighted by Gasteiger charge is -2.36. The van der Waals surface area contributed by atoms with Crippen LogP contribution in [0.4, 0.5) is 0 Å². The van der Waals surface area contributed by atoms with E-state index < -0.39 is 0 Å². The first kappa shape index (κ1) is 24.7. The Bertz CT molecular complexity index is 686. The molecule has 1 aromatic rings. The summed E-state index contributed by atoms with van der Waals surface area (Å²) >= 11 is 0. The second-order valence-corrected chi connectivity index (χ2v) is 7.81. The van der Waals surface area contributed by atoms with Crippen molar-refractivity contribution in [1.82, 2.24) is 16.0 Å². The average molecular weight is 530 g/mol. The molecule has 1 aliphatic heterocycles. The first-order valence-corrected chi connectivity index (χ1v) is 10.7. The predicted molar refractivity (Wildman–Crippen MR) is 130 cm³/mol. The zero-order valence-electron chi connectivity index (χ0n) is 18.0. The van der Waals surface area contributed by atoms with Crippen molar-refractivity contribution in [3.8, 4) is 5.75 Å². The lowest BCUT2D eigenvalue weighted by molar-refractivity contribution is -0.122. The highest BCUT2D eigenvalue weighted by Gasteiger charge is 2.34. The van der Waals surface area contributed by atoms with Crippen molar-refractivity contribution in [1.29, 1.82) is 0 Å². The summed E-state index contributed by atoms with van der Waals surface area (Å²) in [6, 6.07) is 8.32. The Morgan fingerprint density at radius 3 is 2.40 bits per heavy atom. The molecule has 3 rings (SSSR count). The fraction of sp³-hybridized carbons (Fsp3) is 0.636. The smallest absolute Gasteiger partial charge is 0.223 e. The van der Waals surface area contributed by atoms with Crippen LogP contribution in [0.25, 0.3) is 0 Å². The van der Waals surface area contributed by atoms with Crippen molar-refractivity contribution in [3.05, 3.63) is 29.8 Å². The van der Waals surface area contributed by atoms with Gasteiger partial charge in [0.1, 0.15) is 5.75 Å². The third kappa shape index (κ3) is 7.01. The van der Waals surface area contributed by atoms with Gasteiger partial charge >= 0.3 is 0 Å². The van der Waals surface area contributed by atoms with E-state index in [0.29, 0.717) is 19.6 Å². The van der Waals surface area contributed by atoms with Gasteiger partial charge in [0.05, 0.1) is 13.7 Å². The van der Waals surface area contributed by atoms with E-state index in [4.69, 9.17) is 14.5 Å². The first-order chi connectivity index (χ1) is 14.2. The molecule has 1 heterocycles. The van der Waals surface area contributed by atoms with Gasteiger partial charge in [-0.15, -0.1) is 24.0 Å². The van der Waals surface area contributed by atoms with Crippen LogP contribution in [0, 0.1) is 5.92 Å². The number of ether oxygens (including phenoxy) is 2. The number of carbonyl (C=O) groups is 1. The summed E-state index contributed by atoms with van der Waals surface area (Å²) in [5.41, 5.74) is 1.24. The van der Waals surface area contributed by atoms with Crippen molar-refractivity contribution in [2.75, 3.05) is 46.5 Å². The van der Waals surface area contributed by atoms with Gasteiger partial charge in [-0.1, -0.05) is 12.1 Å². The van der Waals surface area contributed by atoms with Crippen LogP contribution in [0.15, 0.2) is 29.3 Å². The average Bonchev–Trinajstić information content (AvgIpc) is 3.61. The Labute approximate surface area is 196 Å². The number of hydrogen-bond acceptors (Lipinski definition) is 4. The summed E-state index contributed by atoms with van der Waals surface area (Å²) in [5, 5.41) is 9.62. The molecule has 1 saturated heterocycles. The number of methoxy groups -OCH3 is 1. The van der Waals surface area contributed by atoms with Crippen LogP contribution in [0.2, 0.25) is 0 Å². The molecular formula is C22H35IN4O3. The van der Waals surface area contributed by atoms with Gasteiger partial charge in [0, 0.05) is 44.2 Å².